The Morgan fingerprint density at radius 2 is 2.42 bits per heavy atom. The Labute approximate surface area is 73.0 Å². The molecule has 0 aliphatic carbocycles. The highest BCUT2D eigenvalue weighted by molar-refractivity contribution is 7.41. The number of hydrogen-bond donors (Lipinski definition) is 0. The Kier molecular flexibility index (Phi) is 2.57. The van der Waals surface area contributed by atoms with Crippen molar-refractivity contribution in [2.24, 2.45) is 0 Å². The van der Waals surface area contributed by atoms with Crippen LogP contribution in [0, 0.1) is 0 Å². The maximum atomic E-state index is 5.50. The molecule has 0 aromatic rings. The van der Waals surface area contributed by atoms with Gasteiger partial charge in [0.25, 0.3) is 0 Å². The van der Waals surface area contributed by atoms with E-state index in [2.05, 4.69) is 6.58 Å². The zero-order chi connectivity index (χ0) is 8.39. The number of fused-ring (bicyclic) bond motifs is 2. The fraction of sp³-hybridized carbons (Fsp3) is 0.500. The standard InChI is InChI=1S/C8H12O3P/c1-2-7-6-8-4-3-5-9-12(10-7)11-8/h2-4,7-8,12H,1,5-6H2/q+1/t7?,8-/m1/s1. The van der Waals surface area contributed by atoms with Crippen LogP contribution in [-0.2, 0) is 13.6 Å². The summed E-state index contributed by atoms with van der Waals surface area (Å²) in [6.45, 7) is 4.30. The molecule has 3 atom stereocenters. The average Bonchev–Trinajstić information content (AvgIpc) is 2.27. The molecule has 0 aromatic heterocycles. The molecule has 0 saturated carbocycles. The molecule has 2 bridgehead atoms. The monoisotopic (exact) mass is 187 g/mol. The van der Waals surface area contributed by atoms with Crippen molar-refractivity contribution in [1.29, 1.82) is 0 Å². The molecule has 1 saturated heterocycles. The van der Waals surface area contributed by atoms with E-state index in [1.54, 1.807) is 0 Å². The second kappa shape index (κ2) is 3.67. The van der Waals surface area contributed by atoms with Crippen molar-refractivity contribution in [2.45, 2.75) is 18.6 Å². The molecule has 2 heterocycles. The summed E-state index contributed by atoms with van der Waals surface area (Å²) in [5, 5.41) is 0. The Hall–Kier alpha value is -0.210. The lowest BCUT2D eigenvalue weighted by atomic mass is 10.1. The van der Waals surface area contributed by atoms with Gasteiger partial charge in [-0.2, -0.15) is 13.6 Å². The van der Waals surface area contributed by atoms with Crippen LogP contribution >= 0.6 is 8.60 Å². The van der Waals surface area contributed by atoms with Crippen molar-refractivity contribution in [2.75, 3.05) is 6.61 Å². The largest absolute Gasteiger partial charge is 0.399 e. The summed E-state index contributed by atoms with van der Waals surface area (Å²) in [5.41, 5.74) is 0. The summed E-state index contributed by atoms with van der Waals surface area (Å²) >= 11 is 0. The first-order chi connectivity index (χ1) is 5.88. The van der Waals surface area contributed by atoms with Crippen molar-refractivity contribution in [3.63, 3.8) is 0 Å². The Balaban J connectivity index is 2.06. The van der Waals surface area contributed by atoms with E-state index in [1.807, 2.05) is 18.2 Å². The van der Waals surface area contributed by atoms with E-state index in [0.717, 1.165) is 6.42 Å². The minimum atomic E-state index is -1.48. The van der Waals surface area contributed by atoms with E-state index in [9.17, 15) is 0 Å². The Morgan fingerprint density at radius 1 is 1.50 bits per heavy atom. The van der Waals surface area contributed by atoms with Crippen LogP contribution in [0.15, 0.2) is 24.8 Å². The van der Waals surface area contributed by atoms with Crippen molar-refractivity contribution in [1.82, 2.24) is 0 Å². The first-order valence-electron chi connectivity index (χ1n) is 4.01. The average molecular weight is 187 g/mol. The zero-order valence-electron chi connectivity index (χ0n) is 6.73. The van der Waals surface area contributed by atoms with Crippen molar-refractivity contribution < 1.29 is 13.6 Å². The molecule has 4 heteroatoms. The Bertz CT molecular complexity index is 204. The molecule has 3 nitrogen and oxygen atoms in total. The summed E-state index contributed by atoms with van der Waals surface area (Å²) in [5.74, 6) is 0. The minimum absolute atomic E-state index is 0.0976. The predicted molar refractivity (Wildman–Crippen MR) is 48.0 cm³/mol. The fourth-order valence-electron chi connectivity index (χ4n) is 1.25. The van der Waals surface area contributed by atoms with Crippen LogP contribution in [0.1, 0.15) is 6.42 Å². The molecule has 12 heavy (non-hydrogen) atoms. The smallest absolute Gasteiger partial charge is 0.175 e. The molecule has 0 aromatic carbocycles. The summed E-state index contributed by atoms with van der Waals surface area (Å²) in [7, 11) is -1.48. The molecule has 1 fully saturated rings. The van der Waals surface area contributed by atoms with Gasteiger partial charge in [-0.3, -0.25) is 0 Å². The van der Waals surface area contributed by atoms with Gasteiger partial charge in [0, 0.05) is 6.42 Å². The topological polar surface area (TPSA) is 27.7 Å². The van der Waals surface area contributed by atoms with E-state index in [0.29, 0.717) is 6.61 Å². The van der Waals surface area contributed by atoms with Gasteiger partial charge in [0.05, 0.1) is 0 Å². The van der Waals surface area contributed by atoms with Gasteiger partial charge < -0.3 is 0 Å². The summed E-state index contributed by atoms with van der Waals surface area (Å²) in [6.07, 6.45) is 6.95. The van der Waals surface area contributed by atoms with Crippen LogP contribution in [0.5, 0.6) is 0 Å². The van der Waals surface area contributed by atoms with E-state index in [1.165, 1.54) is 0 Å². The molecule has 66 valence electrons. The lowest BCUT2D eigenvalue weighted by Gasteiger charge is -2.22. The van der Waals surface area contributed by atoms with Gasteiger partial charge in [0.1, 0.15) is 18.8 Å². The quantitative estimate of drug-likeness (QED) is 0.463. The predicted octanol–water partition coefficient (Wildman–Crippen LogP) is 1.89. The third kappa shape index (κ3) is 1.75. The van der Waals surface area contributed by atoms with Crippen LogP contribution < -0.4 is 0 Å². The zero-order valence-corrected chi connectivity index (χ0v) is 7.73. The Morgan fingerprint density at radius 3 is 3.25 bits per heavy atom. The molecular formula is C8H12O3P+. The van der Waals surface area contributed by atoms with Crippen LogP contribution in [0.4, 0.5) is 0 Å². The third-order valence-corrected chi connectivity index (χ3v) is 3.26. The van der Waals surface area contributed by atoms with Gasteiger partial charge in [-0.05, 0) is 0 Å². The third-order valence-electron chi connectivity index (χ3n) is 1.87. The molecule has 0 spiro atoms. The van der Waals surface area contributed by atoms with Crippen molar-refractivity contribution >= 4 is 8.60 Å². The molecule has 2 aliphatic heterocycles. The molecule has 0 N–H and O–H groups in total. The number of rotatable bonds is 1. The lowest BCUT2D eigenvalue weighted by Crippen LogP contribution is -2.23. The van der Waals surface area contributed by atoms with Crippen LogP contribution in [-0.4, -0.2) is 18.8 Å². The second-order valence-electron chi connectivity index (χ2n) is 2.77. The molecular weight excluding hydrogens is 175 g/mol. The molecule has 2 aliphatic rings. The highest BCUT2D eigenvalue weighted by atomic mass is 31.2. The highest BCUT2D eigenvalue weighted by Gasteiger charge is 2.36. The SMILES string of the molecule is C=CC1C[C@H]2C=CCO[PH+](O1)O2. The first kappa shape index (κ1) is 8.39. The fourth-order valence-corrected chi connectivity index (χ4v) is 2.54. The maximum Gasteiger partial charge on any atom is 0.399 e. The van der Waals surface area contributed by atoms with Crippen LogP contribution in [0.3, 0.4) is 0 Å². The van der Waals surface area contributed by atoms with E-state index in [4.69, 9.17) is 13.6 Å². The molecule has 0 amide bonds. The van der Waals surface area contributed by atoms with E-state index in [-0.39, 0.29) is 12.2 Å². The first-order valence-corrected chi connectivity index (χ1v) is 5.23. The van der Waals surface area contributed by atoms with Crippen LogP contribution in [0.25, 0.3) is 0 Å². The van der Waals surface area contributed by atoms with Crippen molar-refractivity contribution in [3.05, 3.63) is 24.8 Å². The summed E-state index contributed by atoms with van der Waals surface area (Å²) in [4.78, 5) is 0. The van der Waals surface area contributed by atoms with Gasteiger partial charge >= 0.3 is 8.60 Å². The van der Waals surface area contributed by atoms with Gasteiger partial charge in [0.2, 0.25) is 0 Å². The summed E-state index contributed by atoms with van der Waals surface area (Å²) < 4.78 is 16.3. The van der Waals surface area contributed by atoms with Gasteiger partial charge in [-0.1, -0.05) is 18.2 Å². The summed E-state index contributed by atoms with van der Waals surface area (Å²) in [6, 6.07) is 0. The highest BCUT2D eigenvalue weighted by Crippen LogP contribution is 2.48. The molecule has 0 radical (unpaired) electrons. The molecule has 2 rings (SSSR count). The number of hydrogen-bond acceptors (Lipinski definition) is 3. The maximum absolute atomic E-state index is 5.50. The normalized spacial score (nSPS) is 40.5. The van der Waals surface area contributed by atoms with Crippen molar-refractivity contribution in [3.8, 4) is 0 Å². The van der Waals surface area contributed by atoms with Gasteiger partial charge in [-0.15, -0.1) is 6.58 Å². The van der Waals surface area contributed by atoms with E-state index >= 15 is 0 Å². The van der Waals surface area contributed by atoms with Gasteiger partial charge in [-0.25, -0.2) is 0 Å². The molecule has 2 unspecified atom stereocenters. The van der Waals surface area contributed by atoms with Crippen LogP contribution in [0.2, 0.25) is 0 Å². The lowest BCUT2D eigenvalue weighted by molar-refractivity contribution is 0.0647. The second-order valence-corrected chi connectivity index (χ2v) is 4.03. The van der Waals surface area contributed by atoms with E-state index < -0.39 is 8.60 Å². The van der Waals surface area contributed by atoms with Gasteiger partial charge in [0.15, 0.2) is 0 Å². The minimum Gasteiger partial charge on any atom is -0.175 e.